The lowest BCUT2D eigenvalue weighted by molar-refractivity contribution is -0.0190. The summed E-state index contributed by atoms with van der Waals surface area (Å²) in [7, 11) is 3.42. The maximum Gasteiger partial charge on any atom is 0.410 e. The molecule has 168 valence electrons. The fraction of sp³-hybridized carbons (Fsp3) is 0.545. The molecule has 2 aromatic rings. The first-order chi connectivity index (χ1) is 14.6. The van der Waals surface area contributed by atoms with Crippen LogP contribution in [0.2, 0.25) is 0 Å². The van der Waals surface area contributed by atoms with Crippen molar-refractivity contribution in [2.75, 3.05) is 27.2 Å². The molecule has 1 aromatic carbocycles. The van der Waals surface area contributed by atoms with Crippen molar-refractivity contribution in [1.29, 1.82) is 0 Å². The molecule has 0 N–H and O–H groups in total. The first-order valence-electron chi connectivity index (χ1n) is 10.4. The summed E-state index contributed by atoms with van der Waals surface area (Å²) in [6.07, 6.45) is 1.19. The lowest BCUT2D eigenvalue weighted by Crippen LogP contribution is -2.43. The van der Waals surface area contributed by atoms with Crippen LogP contribution in [0.15, 0.2) is 28.8 Å². The third-order valence-corrected chi connectivity index (χ3v) is 4.79. The number of benzene rings is 1. The molecule has 0 spiro atoms. The average molecular weight is 431 g/mol. The average Bonchev–Trinajstić information content (AvgIpc) is 3.20. The molecule has 1 aliphatic rings. The van der Waals surface area contributed by atoms with E-state index in [4.69, 9.17) is 14.0 Å². The largest absolute Gasteiger partial charge is 0.444 e. The number of amides is 2. The quantitative estimate of drug-likeness (QED) is 0.717. The van der Waals surface area contributed by atoms with Crippen LogP contribution in [-0.2, 0) is 16.1 Å². The number of likely N-dealkylation sites (tertiary alicyclic amines) is 1. The van der Waals surface area contributed by atoms with Crippen molar-refractivity contribution < 1.29 is 23.6 Å². The lowest BCUT2D eigenvalue weighted by atomic mass is 10.1. The van der Waals surface area contributed by atoms with Gasteiger partial charge in [0.1, 0.15) is 12.2 Å². The van der Waals surface area contributed by atoms with Crippen molar-refractivity contribution in [3.8, 4) is 11.5 Å². The van der Waals surface area contributed by atoms with Gasteiger partial charge in [0.2, 0.25) is 0 Å². The van der Waals surface area contributed by atoms with E-state index in [2.05, 4.69) is 10.1 Å². The maximum absolute atomic E-state index is 12.1. The molecular formula is C22H30N4O5. The highest BCUT2D eigenvalue weighted by Gasteiger charge is 2.27. The molecule has 9 nitrogen and oxygen atoms in total. The van der Waals surface area contributed by atoms with Gasteiger partial charge in [-0.25, -0.2) is 4.79 Å². The molecule has 1 saturated heterocycles. The van der Waals surface area contributed by atoms with Gasteiger partial charge in [0.25, 0.3) is 11.8 Å². The van der Waals surface area contributed by atoms with Crippen molar-refractivity contribution in [1.82, 2.24) is 19.9 Å². The second-order valence-electron chi connectivity index (χ2n) is 8.77. The van der Waals surface area contributed by atoms with E-state index in [0.717, 1.165) is 18.4 Å². The van der Waals surface area contributed by atoms with E-state index in [1.165, 1.54) is 4.90 Å². The summed E-state index contributed by atoms with van der Waals surface area (Å²) >= 11 is 0. The van der Waals surface area contributed by atoms with Crippen LogP contribution in [-0.4, -0.2) is 70.8 Å². The lowest BCUT2D eigenvalue weighted by Gasteiger charge is -2.33. The van der Waals surface area contributed by atoms with Gasteiger partial charge in [0.05, 0.1) is 6.10 Å². The number of piperidine rings is 1. The molecule has 1 aliphatic heterocycles. The second kappa shape index (κ2) is 9.47. The zero-order valence-electron chi connectivity index (χ0n) is 18.8. The minimum atomic E-state index is -0.497. The Morgan fingerprint density at radius 3 is 2.39 bits per heavy atom. The minimum absolute atomic E-state index is 0.0250. The van der Waals surface area contributed by atoms with Crippen LogP contribution in [0, 0.1) is 0 Å². The normalized spacial score (nSPS) is 15.1. The summed E-state index contributed by atoms with van der Waals surface area (Å²) in [5.41, 5.74) is 0.831. The predicted molar refractivity (Wildman–Crippen MR) is 113 cm³/mol. The number of hydrogen-bond donors (Lipinski definition) is 0. The third-order valence-electron chi connectivity index (χ3n) is 4.79. The molecule has 1 fully saturated rings. The van der Waals surface area contributed by atoms with E-state index in [9.17, 15) is 9.59 Å². The van der Waals surface area contributed by atoms with Gasteiger partial charge in [0.15, 0.2) is 5.82 Å². The maximum atomic E-state index is 12.1. The molecule has 3 rings (SSSR count). The molecule has 0 unspecified atom stereocenters. The van der Waals surface area contributed by atoms with Gasteiger partial charge in [-0.2, -0.15) is 4.98 Å². The zero-order valence-corrected chi connectivity index (χ0v) is 18.8. The number of ether oxygens (including phenoxy) is 2. The number of carbonyl (C=O) groups is 2. The van der Waals surface area contributed by atoms with Gasteiger partial charge in [0, 0.05) is 38.3 Å². The molecule has 0 atom stereocenters. The Morgan fingerprint density at radius 2 is 1.81 bits per heavy atom. The summed E-state index contributed by atoms with van der Waals surface area (Å²) in [6.45, 7) is 6.99. The van der Waals surface area contributed by atoms with Gasteiger partial charge in [-0.15, -0.1) is 0 Å². The fourth-order valence-corrected chi connectivity index (χ4v) is 3.17. The highest BCUT2D eigenvalue weighted by molar-refractivity contribution is 5.94. The van der Waals surface area contributed by atoms with Crippen LogP contribution >= 0.6 is 0 Å². The predicted octanol–water partition coefficient (Wildman–Crippen LogP) is 3.35. The van der Waals surface area contributed by atoms with Crippen LogP contribution in [0.4, 0.5) is 4.79 Å². The Kier molecular flexibility index (Phi) is 6.94. The molecular weight excluding hydrogens is 400 g/mol. The summed E-state index contributed by atoms with van der Waals surface area (Å²) in [6, 6.07) is 7.02. The van der Waals surface area contributed by atoms with E-state index in [1.807, 2.05) is 20.8 Å². The fourth-order valence-electron chi connectivity index (χ4n) is 3.17. The number of carbonyl (C=O) groups excluding carboxylic acids is 2. The van der Waals surface area contributed by atoms with Crippen molar-refractivity contribution >= 4 is 12.0 Å². The highest BCUT2D eigenvalue weighted by atomic mass is 16.6. The Hall–Kier alpha value is -2.94. The summed E-state index contributed by atoms with van der Waals surface area (Å²) in [5, 5.41) is 3.98. The van der Waals surface area contributed by atoms with Gasteiger partial charge in [-0.1, -0.05) is 5.16 Å². The number of hydrogen-bond acceptors (Lipinski definition) is 7. The third kappa shape index (κ3) is 6.27. The SMILES string of the molecule is CN(C)C(=O)c1ccc(-c2nc(COC3CCN(C(=O)OC(C)(C)C)CC3)no2)cc1. The number of aromatic nitrogens is 2. The number of nitrogens with zero attached hydrogens (tertiary/aromatic N) is 4. The van der Waals surface area contributed by atoms with Gasteiger partial charge >= 0.3 is 6.09 Å². The summed E-state index contributed by atoms with van der Waals surface area (Å²) in [4.78, 5) is 31.7. The van der Waals surface area contributed by atoms with Crippen molar-refractivity contribution in [2.45, 2.75) is 51.9 Å². The van der Waals surface area contributed by atoms with E-state index in [0.29, 0.717) is 30.4 Å². The van der Waals surface area contributed by atoms with E-state index in [-0.39, 0.29) is 24.7 Å². The smallest absolute Gasteiger partial charge is 0.410 e. The van der Waals surface area contributed by atoms with Crippen LogP contribution in [0.25, 0.3) is 11.5 Å². The zero-order chi connectivity index (χ0) is 22.6. The summed E-state index contributed by atoms with van der Waals surface area (Å²) < 4.78 is 16.6. The van der Waals surface area contributed by atoms with Crippen molar-refractivity contribution in [2.24, 2.45) is 0 Å². The molecule has 1 aromatic heterocycles. The highest BCUT2D eigenvalue weighted by Crippen LogP contribution is 2.21. The monoisotopic (exact) mass is 430 g/mol. The standard InChI is InChI=1S/C22H30N4O5/c1-22(2,3)30-21(28)26-12-10-17(11-13-26)29-14-18-23-19(31-24-18)15-6-8-16(9-7-15)20(27)25(4)5/h6-9,17H,10-14H2,1-5H3. The van der Waals surface area contributed by atoms with E-state index < -0.39 is 5.60 Å². The number of rotatable bonds is 5. The first-order valence-corrected chi connectivity index (χ1v) is 10.4. The van der Waals surface area contributed by atoms with Crippen LogP contribution < -0.4 is 0 Å². The molecule has 0 bridgehead atoms. The van der Waals surface area contributed by atoms with E-state index in [1.54, 1.807) is 43.3 Å². The van der Waals surface area contributed by atoms with Gasteiger partial charge < -0.3 is 23.8 Å². The molecule has 2 heterocycles. The van der Waals surface area contributed by atoms with Crippen molar-refractivity contribution in [3.05, 3.63) is 35.7 Å². The Balaban J connectivity index is 1.48. The van der Waals surface area contributed by atoms with Gasteiger partial charge in [-0.05, 0) is 57.9 Å². The van der Waals surface area contributed by atoms with E-state index >= 15 is 0 Å². The molecule has 2 amide bonds. The van der Waals surface area contributed by atoms with Crippen LogP contribution in [0.5, 0.6) is 0 Å². The van der Waals surface area contributed by atoms with Crippen molar-refractivity contribution in [3.63, 3.8) is 0 Å². The van der Waals surface area contributed by atoms with Crippen LogP contribution in [0.3, 0.4) is 0 Å². The topological polar surface area (TPSA) is 98.0 Å². The molecule has 0 aliphatic carbocycles. The molecule has 9 heteroatoms. The Morgan fingerprint density at radius 1 is 1.16 bits per heavy atom. The Bertz CT molecular complexity index is 893. The second-order valence-corrected chi connectivity index (χ2v) is 8.77. The van der Waals surface area contributed by atoms with Crippen LogP contribution in [0.1, 0.15) is 49.8 Å². The van der Waals surface area contributed by atoms with Gasteiger partial charge in [-0.3, -0.25) is 4.79 Å². The Labute approximate surface area is 182 Å². The summed E-state index contributed by atoms with van der Waals surface area (Å²) in [5.74, 6) is 0.768. The molecule has 31 heavy (non-hydrogen) atoms. The minimum Gasteiger partial charge on any atom is -0.444 e. The molecule has 0 saturated carbocycles. The molecule has 0 radical (unpaired) electrons. The first kappa shape index (κ1) is 22.7.